The van der Waals surface area contributed by atoms with Crippen molar-refractivity contribution < 1.29 is 0 Å². The Balaban J connectivity index is 1.19. The van der Waals surface area contributed by atoms with Crippen molar-refractivity contribution in [2.24, 2.45) is 16.8 Å². The predicted molar refractivity (Wildman–Crippen MR) is 224 cm³/mol. The van der Waals surface area contributed by atoms with Crippen LogP contribution in [0.5, 0.6) is 0 Å². The SMILES string of the molecule is CC1C=C(C2N=CC=CC2C)C(n2ccc3c4c(ccc32)C(C)(C)c2ccc3ccn(C5=CCCC=C5c5ccccn5)c3c2C2=C4C=CCC2)=CC1. The summed E-state index contributed by atoms with van der Waals surface area (Å²) in [6.45, 7) is 9.50. The van der Waals surface area contributed by atoms with E-state index in [1.807, 2.05) is 18.5 Å². The van der Waals surface area contributed by atoms with Crippen LogP contribution < -0.4 is 0 Å². The number of hydrogen-bond donors (Lipinski definition) is 0. The first kappa shape index (κ1) is 32.2. The Bertz CT molecular complexity index is 2590. The number of hydrogen-bond acceptors (Lipinski definition) is 2. The van der Waals surface area contributed by atoms with Crippen molar-refractivity contribution >= 4 is 56.1 Å². The Morgan fingerprint density at radius 1 is 0.811 bits per heavy atom. The van der Waals surface area contributed by atoms with Gasteiger partial charge in [0.2, 0.25) is 0 Å². The van der Waals surface area contributed by atoms with Crippen molar-refractivity contribution in [2.75, 3.05) is 0 Å². The first-order valence-corrected chi connectivity index (χ1v) is 19.5. The van der Waals surface area contributed by atoms with Crippen molar-refractivity contribution in [3.63, 3.8) is 0 Å². The molecule has 0 N–H and O–H groups in total. The van der Waals surface area contributed by atoms with E-state index in [1.165, 1.54) is 77.7 Å². The fourth-order valence-corrected chi connectivity index (χ4v) is 9.78. The van der Waals surface area contributed by atoms with Crippen LogP contribution >= 0.6 is 0 Å². The van der Waals surface area contributed by atoms with E-state index in [1.54, 1.807) is 0 Å². The van der Waals surface area contributed by atoms with E-state index < -0.39 is 0 Å². The Morgan fingerprint density at radius 2 is 1.66 bits per heavy atom. The molecule has 3 unspecified atom stereocenters. The second-order valence-corrected chi connectivity index (χ2v) is 16.1. The molecule has 5 aliphatic rings. The number of nitrogens with zero attached hydrogens (tertiary/aromatic N) is 4. The smallest absolute Gasteiger partial charge is 0.0826 e. The van der Waals surface area contributed by atoms with E-state index in [4.69, 9.17) is 9.98 Å². The summed E-state index contributed by atoms with van der Waals surface area (Å²) in [4.78, 5) is 9.81. The van der Waals surface area contributed by atoms with Crippen molar-refractivity contribution in [1.82, 2.24) is 14.1 Å². The lowest BCUT2D eigenvalue weighted by atomic mass is 9.74. The minimum atomic E-state index is -0.237. The van der Waals surface area contributed by atoms with Gasteiger partial charge in [0.15, 0.2) is 0 Å². The highest BCUT2D eigenvalue weighted by molar-refractivity contribution is 6.13. The highest BCUT2D eigenvalue weighted by Crippen LogP contribution is 2.53. The van der Waals surface area contributed by atoms with E-state index in [0.717, 1.165) is 37.8 Å². The molecule has 0 spiro atoms. The van der Waals surface area contributed by atoms with Gasteiger partial charge >= 0.3 is 0 Å². The number of rotatable bonds is 4. The molecule has 4 heterocycles. The molecule has 1 aliphatic heterocycles. The van der Waals surface area contributed by atoms with E-state index in [2.05, 4.69) is 146 Å². The zero-order valence-corrected chi connectivity index (χ0v) is 31.2. The molecule has 0 saturated carbocycles. The zero-order valence-electron chi connectivity index (χ0n) is 31.2. The van der Waals surface area contributed by atoms with Gasteiger partial charge in [0, 0.05) is 63.7 Å². The second kappa shape index (κ2) is 12.3. The van der Waals surface area contributed by atoms with Gasteiger partial charge in [0.05, 0.1) is 28.5 Å². The van der Waals surface area contributed by atoms with Gasteiger partial charge in [-0.3, -0.25) is 9.98 Å². The van der Waals surface area contributed by atoms with Gasteiger partial charge < -0.3 is 9.13 Å². The van der Waals surface area contributed by atoms with Crippen molar-refractivity contribution in [2.45, 2.75) is 71.3 Å². The van der Waals surface area contributed by atoms with Gasteiger partial charge in [-0.05, 0) is 108 Å². The summed E-state index contributed by atoms with van der Waals surface area (Å²) in [6.07, 6.45) is 32.6. The number of aliphatic imine (C=N–C) groups is 1. The summed E-state index contributed by atoms with van der Waals surface area (Å²) in [6, 6.07) is 20.7. The number of benzene rings is 2. The van der Waals surface area contributed by atoms with Crippen LogP contribution in [-0.2, 0) is 5.41 Å². The topological polar surface area (TPSA) is 35.1 Å². The Morgan fingerprint density at radius 3 is 2.53 bits per heavy atom. The maximum Gasteiger partial charge on any atom is 0.0826 e. The van der Waals surface area contributed by atoms with Gasteiger partial charge in [-0.2, -0.15) is 0 Å². The molecular formula is C49H46N4. The summed E-state index contributed by atoms with van der Waals surface area (Å²) < 4.78 is 4.93. The van der Waals surface area contributed by atoms with E-state index in [9.17, 15) is 0 Å². The van der Waals surface area contributed by atoms with Crippen LogP contribution in [0.1, 0.15) is 87.7 Å². The van der Waals surface area contributed by atoms with Crippen LogP contribution in [0.15, 0.2) is 132 Å². The summed E-state index contributed by atoms with van der Waals surface area (Å²) in [5.41, 5.74) is 16.8. The molecule has 0 fully saturated rings. The van der Waals surface area contributed by atoms with Crippen LogP contribution in [-0.4, -0.2) is 26.4 Å². The molecule has 0 bridgehead atoms. The summed E-state index contributed by atoms with van der Waals surface area (Å²) in [5, 5.41) is 2.60. The molecule has 0 amide bonds. The standard InChI is InChI=1S/C49H46N4/c1-31-18-22-44(38(30-31)47-32(2)12-11-27-51-47)52-29-25-37-43(52)23-21-39-45(37)34-13-5-6-14-35(34)46-40(49(39,3)4)20-19-33-24-28-53(48(33)46)42-17-8-7-15-36(42)41-16-9-10-26-50-41/h5,9-13,15-17,19-32,47H,6-8,14,18H2,1-4H3. The highest BCUT2D eigenvalue weighted by atomic mass is 15.0. The average molecular weight is 691 g/mol. The molecular weight excluding hydrogens is 645 g/mol. The lowest BCUT2D eigenvalue weighted by Crippen LogP contribution is -2.24. The third-order valence-electron chi connectivity index (χ3n) is 12.4. The van der Waals surface area contributed by atoms with Gasteiger partial charge in [0.25, 0.3) is 0 Å². The molecule has 10 rings (SSSR count). The van der Waals surface area contributed by atoms with Gasteiger partial charge in [0.1, 0.15) is 0 Å². The van der Waals surface area contributed by atoms with E-state index >= 15 is 0 Å². The number of aromatic nitrogens is 3. The first-order chi connectivity index (χ1) is 25.9. The van der Waals surface area contributed by atoms with Crippen LogP contribution in [0, 0.1) is 11.8 Å². The quantitative estimate of drug-likeness (QED) is 0.185. The van der Waals surface area contributed by atoms with Crippen LogP contribution in [0.2, 0.25) is 0 Å². The minimum absolute atomic E-state index is 0.127. The Labute approximate surface area is 312 Å². The largest absolute Gasteiger partial charge is 0.317 e. The van der Waals surface area contributed by atoms with E-state index in [-0.39, 0.29) is 11.5 Å². The lowest BCUT2D eigenvalue weighted by Gasteiger charge is -2.30. The van der Waals surface area contributed by atoms with Crippen LogP contribution in [0.25, 0.3) is 49.9 Å². The second-order valence-electron chi connectivity index (χ2n) is 16.1. The third kappa shape index (κ3) is 4.95. The molecule has 4 heteroatoms. The van der Waals surface area contributed by atoms with Crippen LogP contribution in [0.4, 0.5) is 0 Å². The molecule has 0 saturated heterocycles. The summed E-state index contributed by atoms with van der Waals surface area (Å²) in [7, 11) is 0. The molecule has 3 aromatic heterocycles. The third-order valence-corrected chi connectivity index (χ3v) is 12.4. The summed E-state index contributed by atoms with van der Waals surface area (Å²) >= 11 is 0. The maximum atomic E-state index is 5.01. The van der Waals surface area contributed by atoms with Crippen molar-refractivity contribution in [1.29, 1.82) is 0 Å². The molecule has 4 nitrogen and oxygen atoms in total. The summed E-state index contributed by atoms with van der Waals surface area (Å²) in [5.74, 6) is 0.850. The number of fused-ring (bicyclic) bond motifs is 8. The molecule has 4 aliphatic carbocycles. The van der Waals surface area contributed by atoms with Gasteiger partial charge in [-0.25, -0.2) is 0 Å². The molecule has 2 aromatic carbocycles. The van der Waals surface area contributed by atoms with Gasteiger partial charge in [-0.15, -0.1) is 0 Å². The monoisotopic (exact) mass is 690 g/mol. The maximum absolute atomic E-state index is 5.01. The molecule has 0 radical (unpaired) electrons. The molecule has 3 atom stereocenters. The average Bonchev–Trinajstić information content (AvgIpc) is 3.81. The highest BCUT2D eigenvalue weighted by Gasteiger charge is 2.37. The first-order valence-electron chi connectivity index (χ1n) is 19.5. The van der Waals surface area contributed by atoms with Crippen molar-refractivity contribution in [3.05, 3.63) is 155 Å². The van der Waals surface area contributed by atoms with Crippen LogP contribution in [0.3, 0.4) is 0 Å². The Kier molecular flexibility index (Phi) is 7.47. The predicted octanol–water partition coefficient (Wildman–Crippen LogP) is 12.1. The zero-order chi connectivity index (χ0) is 35.8. The number of pyridine rings is 1. The molecule has 5 aromatic rings. The number of dihydropyridines is 1. The van der Waals surface area contributed by atoms with Crippen molar-refractivity contribution in [3.8, 4) is 0 Å². The molecule has 262 valence electrons. The normalized spacial score (nSPS) is 23.2. The van der Waals surface area contributed by atoms with E-state index in [0.29, 0.717) is 11.8 Å². The lowest BCUT2D eigenvalue weighted by molar-refractivity contribution is 0.595. The fourth-order valence-electron chi connectivity index (χ4n) is 9.78. The Hall–Kier alpha value is -5.48. The fraction of sp³-hybridized carbons (Fsp3) is 0.265. The molecule has 53 heavy (non-hydrogen) atoms. The minimum Gasteiger partial charge on any atom is -0.317 e. The van der Waals surface area contributed by atoms with Gasteiger partial charge in [-0.1, -0.05) is 94.5 Å². The number of allylic oxidation sites excluding steroid dienone is 11.